The van der Waals surface area contributed by atoms with Crippen molar-refractivity contribution in [2.24, 2.45) is 0 Å². The van der Waals surface area contributed by atoms with Gasteiger partial charge in [-0.3, -0.25) is 0 Å². The maximum atomic E-state index is 10.9. The lowest BCUT2D eigenvalue weighted by Crippen LogP contribution is -2.13. The number of hydrogen-bond acceptors (Lipinski definition) is 3. The molecule has 0 radical (unpaired) electrons. The number of aliphatic hydroxyl groups is 2. The van der Waals surface area contributed by atoms with Crippen LogP contribution in [-0.2, 0) is 4.79 Å². The lowest BCUT2D eigenvalue weighted by molar-refractivity contribution is -0.132. The fourth-order valence-corrected chi connectivity index (χ4v) is 3.38. The van der Waals surface area contributed by atoms with Gasteiger partial charge in [-0.05, 0) is 32.3 Å². The minimum absolute atomic E-state index is 0.268. The molecular formula is C23H44O4. The van der Waals surface area contributed by atoms with E-state index >= 15 is 0 Å². The molecule has 160 valence electrons. The molecule has 0 saturated carbocycles. The minimum atomic E-state index is -0.940. The number of aliphatic carboxylic acids is 1. The normalized spacial score (nSPS) is 13.5. The zero-order valence-electron chi connectivity index (χ0n) is 17.8. The summed E-state index contributed by atoms with van der Waals surface area (Å²) in [5.74, 6) is -0.940. The van der Waals surface area contributed by atoms with Crippen LogP contribution in [-0.4, -0.2) is 34.0 Å². The Morgan fingerprint density at radius 3 is 1.33 bits per heavy atom. The minimum Gasteiger partial charge on any atom is -0.478 e. The molecule has 1 unspecified atom stereocenters. The van der Waals surface area contributed by atoms with Crippen LogP contribution in [0.15, 0.2) is 11.1 Å². The third kappa shape index (κ3) is 15.8. The van der Waals surface area contributed by atoms with Crippen molar-refractivity contribution in [1.29, 1.82) is 0 Å². The quantitative estimate of drug-likeness (QED) is 0.188. The Morgan fingerprint density at radius 2 is 1.00 bits per heavy atom. The molecular weight excluding hydrogens is 340 g/mol. The van der Waals surface area contributed by atoms with E-state index in [1.54, 1.807) is 13.8 Å². The number of aliphatic hydroxyl groups excluding tert-OH is 2. The first-order valence-electron chi connectivity index (χ1n) is 11.2. The van der Waals surface area contributed by atoms with Gasteiger partial charge in [0.15, 0.2) is 0 Å². The summed E-state index contributed by atoms with van der Waals surface area (Å²) < 4.78 is 0. The highest BCUT2D eigenvalue weighted by molar-refractivity contribution is 5.86. The maximum Gasteiger partial charge on any atom is 0.331 e. The second-order valence-corrected chi connectivity index (χ2v) is 7.94. The third-order valence-electron chi connectivity index (χ3n) is 5.55. The van der Waals surface area contributed by atoms with Gasteiger partial charge in [0.1, 0.15) is 0 Å². The van der Waals surface area contributed by atoms with Crippen LogP contribution < -0.4 is 0 Å². The average molecular weight is 385 g/mol. The van der Waals surface area contributed by atoms with E-state index in [0.717, 1.165) is 19.3 Å². The number of carboxylic acids is 1. The van der Waals surface area contributed by atoms with Crippen LogP contribution in [0, 0.1) is 0 Å². The van der Waals surface area contributed by atoms with Crippen molar-refractivity contribution >= 4 is 5.97 Å². The fraction of sp³-hybridized carbons (Fsp3) is 0.870. The number of carbonyl (C=O) groups is 1. The molecule has 0 fully saturated rings. The van der Waals surface area contributed by atoms with Crippen molar-refractivity contribution in [2.45, 2.75) is 123 Å². The van der Waals surface area contributed by atoms with E-state index in [4.69, 9.17) is 10.2 Å². The zero-order valence-corrected chi connectivity index (χ0v) is 17.8. The van der Waals surface area contributed by atoms with E-state index in [2.05, 4.69) is 0 Å². The first-order valence-corrected chi connectivity index (χ1v) is 11.2. The monoisotopic (exact) mass is 384 g/mol. The molecule has 1 atom stereocenters. The van der Waals surface area contributed by atoms with E-state index in [-0.39, 0.29) is 5.57 Å². The van der Waals surface area contributed by atoms with Crippen LogP contribution >= 0.6 is 0 Å². The van der Waals surface area contributed by atoms with E-state index < -0.39 is 12.1 Å². The van der Waals surface area contributed by atoms with Crippen LogP contribution in [0.1, 0.15) is 117 Å². The molecule has 0 saturated heterocycles. The maximum absolute atomic E-state index is 10.9. The first kappa shape index (κ1) is 26.1. The second-order valence-electron chi connectivity index (χ2n) is 7.94. The summed E-state index contributed by atoms with van der Waals surface area (Å²) in [5, 5.41) is 27.7. The van der Waals surface area contributed by atoms with Gasteiger partial charge in [0.2, 0.25) is 0 Å². The molecule has 0 aliphatic rings. The van der Waals surface area contributed by atoms with Crippen LogP contribution in [0.3, 0.4) is 0 Å². The van der Waals surface area contributed by atoms with Gasteiger partial charge < -0.3 is 15.3 Å². The summed E-state index contributed by atoms with van der Waals surface area (Å²) in [6.07, 6.45) is 18.7. The van der Waals surface area contributed by atoms with Crippen LogP contribution in [0.4, 0.5) is 0 Å². The summed E-state index contributed by atoms with van der Waals surface area (Å²) in [7, 11) is 0. The van der Waals surface area contributed by atoms with Gasteiger partial charge in [0, 0.05) is 12.2 Å². The van der Waals surface area contributed by atoms with Crippen LogP contribution in [0.5, 0.6) is 0 Å². The fourth-order valence-electron chi connectivity index (χ4n) is 3.38. The van der Waals surface area contributed by atoms with E-state index in [9.17, 15) is 9.90 Å². The molecule has 0 aromatic heterocycles. The highest BCUT2D eigenvalue weighted by Gasteiger charge is 2.12. The van der Waals surface area contributed by atoms with Crippen molar-refractivity contribution in [3.05, 3.63) is 11.1 Å². The Labute approximate surface area is 167 Å². The Balaban J connectivity index is 3.34. The summed E-state index contributed by atoms with van der Waals surface area (Å²) in [6, 6.07) is 0. The summed E-state index contributed by atoms with van der Waals surface area (Å²) in [5.41, 5.74) is 0.858. The smallest absolute Gasteiger partial charge is 0.331 e. The van der Waals surface area contributed by atoms with Gasteiger partial charge in [0.05, 0.1) is 6.10 Å². The molecule has 27 heavy (non-hydrogen) atoms. The molecule has 0 spiro atoms. The van der Waals surface area contributed by atoms with E-state index in [1.807, 2.05) is 0 Å². The van der Waals surface area contributed by atoms with Crippen molar-refractivity contribution in [3.63, 3.8) is 0 Å². The van der Waals surface area contributed by atoms with Crippen molar-refractivity contribution < 1.29 is 20.1 Å². The predicted molar refractivity (Wildman–Crippen MR) is 113 cm³/mol. The standard InChI is InChI=1S/C23H44O4/c1-20(21(2)23(26)27)22(25)18-16-14-12-10-8-6-4-3-5-7-9-11-13-15-17-19-24/h22,24-25H,3-19H2,1-2H3,(H,26,27). The summed E-state index contributed by atoms with van der Waals surface area (Å²) >= 11 is 0. The van der Waals surface area contributed by atoms with Gasteiger partial charge >= 0.3 is 5.97 Å². The summed E-state index contributed by atoms with van der Waals surface area (Å²) in [4.78, 5) is 10.9. The number of carboxylic acid groups (broad SMARTS) is 1. The Hall–Kier alpha value is -0.870. The topological polar surface area (TPSA) is 77.8 Å². The summed E-state index contributed by atoms with van der Waals surface area (Å²) in [6.45, 7) is 3.61. The zero-order chi connectivity index (χ0) is 20.3. The molecule has 0 bridgehead atoms. The molecule has 3 N–H and O–H groups in total. The lowest BCUT2D eigenvalue weighted by atomic mass is 9.99. The Bertz CT molecular complexity index is 390. The molecule has 4 nitrogen and oxygen atoms in total. The van der Waals surface area contributed by atoms with E-state index in [0.29, 0.717) is 18.6 Å². The van der Waals surface area contributed by atoms with Gasteiger partial charge in [0.25, 0.3) is 0 Å². The molecule has 4 heteroatoms. The number of unbranched alkanes of at least 4 members (excludes halogenated alkanes) is 14. The van der Waals surface area contributed by atoms with E-state index in [1.165, 1.54) is 77.0 Å². The predicted octanol–water partition coefficient (Wildman–Crippen LogP) is 6.00. The Morgan fingerprint density at radius 1 is 0.667 bits per heavy atom. The number of rotatable bonds is 19. The largest absolute Gasteiger partial charge is 0.478 e. The molecule has 0 aliphatic heterocycles. The van der Waals surface area contributed by atoms with Gasteiger partial charge in [-0.25, -0.2) is 4.79 Å². The van der Waals surface area contributed by atoms with Gasteiger partial charge in [-0.2, -0.15) is 0 Å². The molecule has 0 aliphatic carbocycles. The third-order valence-corrected chi connectivity index (χ3v) is 5.55. The first-order chi connectivity index (χ1) is 13.0. The number of hydrogen-bond donors (Lipinski definition) is 3. The molecule has 0 rings (SSSR count). The molecule has 0 heterocycles. The molecule has 0 aromatic rings. The van der Waals surface area contributed by atoms with Crippen molar-refractivity contribution in [1.82, 2.24) is 0 Å². The highest BCUT2D eigenvalue weighted by Crippen LogP contribution is 2.17. The second kappa shape index (κ2) is 18.5. The lowest BCUT2D eigenvalue weighted by Gasteiger charge is -2.12. The SMILES string of the molecule is CC(C(=O)O)=C(C)C(O)CCCCCCCCCCCCCCCCCO. The van der Waals surface area contributed by atoms with Crippen LogP contribution in [0.2, 0.25) is 0 Å². The van der Waals surface area contributed by atoms with Crippen molar-refractivity contribution in [2.75, 3.05) is 6.61 Å². The molecule has 0 amide bonds. The average Bonchev–Trinajstić information content (AvgIpc) is 2.66. The highest BCUT2D eigenvalue weighted by atomic mass is 16.4. The Kier molecular flexibility index (Phi) is 17.9. The van der Waals surface area contributed by atoms with Crippen LogP contribution in [0.25, 0.3) is 0 Å². The van der Waals surface area contributed by atoms with Crippen molar-refractivity contribution in [3.8, 4) is 0 Å². The molecule has 0 aromatic carbocycles. The van der Waals surface area contributed by atoms with Gasteiger partial charge in [-0.15, -0.1) is 0 Å². The van der Waals surface area contributed by atoms with Gasteiger partial charge in [-0.1, -0.05) is 89.9 Å².